The van der Waals surface area contributed by atoms with E-state index in [0.717, 1.165) is 5.01 Å². The van der Waals surface area contributed by atoms with Gasteiger partial charge in [-0.15, -0.1) is 0 Å². The summed E-state index contributed by atoms with van der Waals surface area (Å²) in [5.74, 6) is -2.70. The zero-order valence-electron chi connectivity index (χ0n) is 13.9. The number of carbonyl (C=O) groups excluding carboxylic acids is 3. The van der Waals surface area contributed by atoms with Crippen molar-refractivity contribution in [2.24, 2.45) is 0 Å². The van der Waals surface area contributed by atoms with Crippen LogP contribution in [0.3, 0.4) is 0 Å². The van der Waals surface area contributed by atoms with Crippen molar-refractivity contribution in [1.29, 1.82) is 0 Å². The van der Waals surface area contributed by atoms with Crippen LogP contribution in [0.25, 0.3) is 0 Å². The Bertz CT molecular complexity index is 918. The van der Waals surface area contributed by atoms with E-state index in [0.29, 0.717) is 16.3 Å². The standard InChI is InChI=1S/C18H16ClN3O5/c19-10-5-6-14(23)12(9-10)17-20-13-4-2-1-3-11(13)18(27)22(17)21-15(24)7-8-16(25)26/h1-6,9,17,20,23H,7-8H2,(H,21,24)(H,25,26)/p-1/t17-/m1/s1. The van der Waals surface area contributed by atoms with Gasteiger partial charge in [-0.25, -0.2) is 5.01 Å². The highest BCUT2D eigenvalue weighted by molar-refractivity contribution is 6.30. The van der Waals surface area contributed by atoms with E-state index in [9.17, 15) is 24.6 Å². The van der Waals surface area contributed by atoms with Crippen molar-refractivity contribution in [1.82, 2.24) is 10.4 Å². The number of hydrogen-bond acceptors (Lipinski definition) is 6. The molecule has 9 heteroatoms. The van der Waals surface area contributed by atoms with Gasteiger partial charge >= 0.3 is 0 Å². The lowest BCUT2D eigenvalue weighted by Crippen LogP contribution is -2.53. The first-order valence-corrected chi connectivity index (χ1v) is 8.41. The zero-order valence-corrected chi connectivity index (χ0v) is 14.7. The summed E-state index contributed by atoms with van der Waals surface area (Å²) in [7, 11) is 0. The molecule has 2 aromatic rings. The highest BCUT2D eigenvalue weighted by atomic mass is 35.5. The number of hydrazine groups is 1. The molecule has 0 aromatic heterocycles. The summed E-state index contributed by atoms with van der Waals surface area (Å²) in [5.41, 5.74) is 3.50. The number of phenolic OH excluding ortho intramolecular Hbond substituents is 1. The number of carboxylic acids is 1. The monoisotopic (exact) mass is 388 g/mol. The molecule has 0 saturated carbocycles. The summed E-state index contributed by atoms with van der Waals surface area (Å²) in [6, 6.07) is 11.0. The van der Waals surface area contributed by atoms with Gasteiger partial charge in [-0.2, -0.15) is 0 Å². The molecule has 0 aliphatic carbocycles. The Balaban J connectivity index is 1.97. The second-order valence-electron chi connectivity index (χ2n) is 5.88. The van der Waals surface area contributed by atoms with Crippen molar-refractivity contribution >= 4 is 35.1 Å². The summed E-state index contributed by atoms with van der Waals surface area (Å²) in [6.45, 7) is 0. The number of carboxylic acid groups (broad SMARTS) is 1. The third kappa shape index (κ3) is 3.95. The Labute approximate surface area is 159 Å². The van der Waals surface area contributed by atoms with E-state index in [1.54, 1.807) is 24.3 Å². The van der Waals surface area contributed by atoms with Crippen LogP contribution in [0.15, 0.2) is 42.5 Å². The second kappa shape index (κ2) is 7.55. The van der Waals surface area contributed by atoms with Crippen LogP contribution in [0.5, 0.6) is 5.75 Å². The number of aromatic hydroxyl groups is 1. The Morgan fingerprint density at radius 2 is 1.96 bits per heavy atom. The number of halogens is 1. The Morgan fingerprint density at radius 3 is 2.70 bits per heavy atom. The fourth-order valence-corrected chi connectivity index (χ4v) is 2.92. The Morgan fingerprint density at radius 1 is 1.22 bits per heavy atom. The van der Waals surface area contributed by atoms with E-state index < -0.39 is 30.4 Å². The Kier molecular flexibility index (Phi) is 5.18. The molecular formula is C18H15ClN3O5-. The van der Waals surface area contributed by atoms with Gasteiger partial charge in [0.1, 0.15) is 5.75 Å². The average Bonchev–Trinajstić information content (AvgIpc) is 2.64. The number of benzene rings is 2. The molecule has 0 saturated heterocycles. The van der Waals surface area contributed by atoms with Crippen LogP contribution in [0.2, 0.25) is 5.02 Å². The highest BCUT2D eigenvalue weighted by Gasteiger charge is 2.35. The molecule has 2 aromatic carbocycles. The van der Waals surface area contributed by atoms with Gasteiger partial charge in [0.2, 0.25) is 5.91 Å². The number of hydrogen-bond donors (Lipinski definition) is 3. The van der Waals surface area contributed by atoms with Gasteiger partial charge in [0.15, 0.2) is 6.17 Å². The van der Waals surface area contributed by atoms with Gasteiger partial charge in [-0.3, -0.25) is 15.0 Å². The van der Waals surface area contributed by atoms with Crippen molar-refractivity contribution in [3.8, 4) is 5.75 Å². The lowest BCUT2D eigenvalue weighted by Gasteiger charge is -2.38. The predicted molar refractivity (Wildman–Crippen MR) is 94.5 cm³/mol. The third-order valence-corrected chi connectivity index (χ3v) is 4.25. The van der Waals surface area contributed by atoms with Crippen molar-refractivity contribution in [2.45, 2.75) is 19.0 Å². The van der Waals surface area contributed by atoms with Gasteiger partial charge in [0.25, 0.3) is 5.91 Å². The molecule has 0 fully saturated rings. The summed E-state index contributed by atoms with van der Waals surface area (Å²) in [6.07, 6.45) is -1.79. The molecule has 0 radical (unpaired) electrons. The van der Waals surface area contributed by atoms with Crippen LogP contribution in [0.1, 0.15) is 34.9 Å². The fraction of sp³-hybridized carbons (Fsp3) is 0.167. The largest absolute Gasteiger partial charge is 0.550 e. The van der Waals surface area contributed by atoms with Crippen LogP contribution < -0.4 is 15.8 Å². The van der Waals surface area contributed by atoms with E-state index in [2.05, 4.69) is 10.7 Å². The number of aliphatic carboxylic acids is 1. The molecule has 140 valence electrons. The molecule has 0 spiro atoms. The van der Waals surface area contributed by atoms with E-state index in [1.165, 1.54) is 18.2 Å². The molecule has 0 unspecified atom stereocenters. The number of para-hydroxylation sites is 1. The van der Waals surface area contributed by atoms with E-state index >= 15 is 0 Å². The number of carbonyl (C=O) groups is 3. The van der Waals surface area contributed by atoms with Crippen molar-refractivity contribution in [3.05, 3.63) is 58.6 Å². The second-order valence-corrected chi connectivity index (χ2v) is 6.31. The van der Waals surface area contributed by atoms with Crippen LogP contribution in [-0.2, 0) is 9.59 Å². The first-order valence-electron chi connectivity index (χ1n) is 8.03. The molecule has 1 aliphatic heterocycles. The number of amides is 2. The summed E-state index contributed by atoms with van der Waals surface area (Å²) in [5, 5.41) is 25.2. The van der Waals surface area contributed by atoms with E-state index in [1.807, 2.05) is 0 Å². The molecule has 3 N–H and O–H groups in total. The van der Waals surface area contributed by atoms with Gasteiger partial charge < -0.3 is 20.3 Å². The molecule has 1 aliphatic rings. The number of nitrogens with zero attached hydrogens (tertiary/aromatic N) is 1. The maximum Gasteiger partial charge on any atom is 0.276 e. The maximum absolute atomic E-state index is 12.9. The van der Waals surface area contributed by atoms with Crippen LogP contribution in [0, 0.1) is 0 Å². The minimum atomic E-state index is -1.37. The first-order chi connectivity index (χ1) is 12.9. The van der Waals surface area contributed by atoms with Crippen molar-refractivity contribution < 1.29 is 24.6 Å². The highest BCUT2D eigenvalue weighted by Crippen LogP contribution is 2.36. The molecule has 1 atom stereocenters. The van der Waals surface area contributed by atoms with Crippen LogP contribution in [-0.4, -0.2) is 27.9 Å². The third-order valence-electron chi connectivity index (χ3n) is 4.01. The maximum atomic E-state index is 12.9. The van der Waals surface area contributed by atoms with E-state index in [-0.39, 0.29) is 17.7 Å². The number of anilines is 1. The summed E-state index contributed by atoms with van der Waals surface area (Å²) >= 11 is 6.01. The molecule has 27 heavy (non-hydrogen) atoms. The minimum Gasteiger partial charge on any atom is -0.550 e. The first kappa shape index (κ1) is 18.5. The molecule has 3 rings (SSSR count). The van der Waals surface area contributed by atoms with E-state index in [4.69, 9.17) is 11.6 Å². The molecular weight excluding hydrogens is 374 g/mol. The number of fused-ring (bicyclic) bond motifs is 1. The van der Waals surface area contributed by atoms with Crippen molar-refractivity contribution in [2.75, 3.05) is 5.32 Å². The number of rotatable bonds is 5. The van der Waals surface area contributed by atoms with Crippen LogP contribution >= 0.6 is 11.6 Å². The summed E-state index contributed by atoms with van der Waals surface area (Å²) < 4.78 is 0. The number of phenols is 1. The normalized spacial score (nSPS) is 15.7. The lowest BCUT2D eigenvalue weighted by atomic mass is 10.0. The smallest absolute Gasteiger partial charge is 0.276 e. The topological polar surface area (TPSA) is 122 Å². The lowest BCUT2D eigenvalue weighted by molar-refractivity contribution is -0.305. The predicted octanol–water partition coefficient (Wildman–Crippen LogP) is 1.17. The molecule has 8 nitrogen and oxygen atoms in total. The van der Waals surface area contributed by atoms with Gasteiger partial charge in [-0.1, -0.05) is 23.7 Å². The molecule has 2 amide bonds. The zero-order chi connectivity index (χ0) is 19.6. The minimum absolute atomic E-state index is 0.127. The summed E-state index contributed by atoms with van der Waals surface area (Å²) in [4.78, 5) is 35.5. The van der Waals surface area contributed by atoms with Gasteiger partial charge in [-0.05, 0) is 36.8 Å². The van der Waals surface area contributed by atoms with Gasteiger partial charge in [0.05, 0.1) is 5.56 Å². The molecule has 1 heterocycles. The SMILES string of the molecule is O=C([O-])CCC(=O)NN1C(=O)c2ccccc2N[C@H]1c1cc(Cl)ccc1O. The van der Waals surface area contributed by atoms with Crippen LogP contribution in [0.4, 0.5) is 5.69 Å². The fourth-order valence-electron chi connectivity index (χ4n) is 2.74. The van der Waals surface area contributed by atoms with Gasteiger partial charge in [0, 0.05) is 28.7 Å². The Hall–Kier alpha value is -3.26. The quantitative estimate of drug-likeness (QED) is 0.706. The molecule has 0 bridgehead atoms. The number of nitrogens with one attached hydrogen (secondary N) is 2. The van der Waals surface area contributed by atoms with Crippen molar-refractivity contribution in [3.63, 3.8) is 0 Å². The average molecular weight is 389 g/mol.